The Kier molecular flexibility index (Phi) is 4.09. The number of carboxylic acids is 1. The molecule has 0 aliphatic heterocycles. The predicted molar refractivity (Wildman–Crippen MR) is 54.3 cm³/mol. The normalized spacial score (nSPS) is 9.94. The van der Waals surface area contributed by atoms with E-state index in [0.29, 0.717) is 6.07 Å². The number of aromatic carboxylic acids is 1. The van der Waals surface area contributed by atoms with Crippen LogP contribution in [0, 0.1) is 11.6 Å². The Bertz CT molecular complexity index is 524. The Morgan fingerprint density at radius 3 is 2.22 bits per heavy atom. The van der Waals surface area contributed by atoms with E-state index >= 15 is 0 Å². The number of esters is 1. The Morgan fingerprint density at radius 2 is 1.72 bits per heavy atom. The molecular formula is C11H8F2O5. The maximum Gasteiger partial charge on any atom is 0.379 e. The molecule has 0 heterocycles. The van der Waals surface area contributed by atoms with Crippen LogP contribution in [0.1, 0.15) is 27.6 Å². The van der Waals surface area contributed by atoms with Crippen LogP contribution in [0.15, 0.2) is 12.1 Å². The van der Waals surface area contributed by atoms with Crippen LogP contribution >= 0.6 is 0 Å². The molecule has 0 bridgehead atoms. The minimum atomic E-state index is -1.68. The van der Waals surface area contributed by atoms with Crippen molar-refractivity contribution in [1.29, 1.82) is 0 Å². The van der Waals surface area contributed by atoms with Gasteiger partial charge in [0.25, 0.3) is 5.78 Å². The van der Waals surface area contributed by atoms with Gasteiger partial charge in [0.2, 0.25) is 0 Å². The van der Waals surface area contributed by atoms with Crippen molar-refractivity contribution in [3.8, 4) is 0 Å². The van der Waals surface area contributed by atoms with Gasteiger partial charge in [0.1, 0.15) is 11.6 Å². The second kappa shape index (κ2) is 5.35. The van der Waals surface area contributed by atoms with Crippen LogP contribution in [0.5, 0.6) is 0 Å². The van der Waals surface area contributed by atoms with Crippen LogP contribution in [0.2, 0.25) is 0 Å². The van der Waals surface area contributed by atoms with Gasteiger partial charge in [-0.3, -0.25) is 4.79 Å². The van der Waals surface area contributed by atoms with E-state index in [1.54, 1.807) is 0 Å². The average molecular weight is 258 g/mol. The first-order valence-electron chi connectivity index (χ1n) is 4.82. The lowest BCUT2D eigenvalue weighted by molar-refractivity contribution is -0.137. The van der Waals surface area contributed by atoms with Gasteiger partial charge in [-0.2, -0.15) is 0 Å². The van der Waals surface area contributed by atoms with E-state index in [4.69, 9.17) is 5.11 Å². The molecule has 1 aromatic carbocycles. The minimum Gasteiger partial charge on any atom is -0.478 e. The summed E-state index contributed by atoms with van der Waals surface area (Å²) in [4.78, 5) is 33.1. The fourth-order valence-corrected chi connectivity index (χ4v) is 1.19. The van der Waals surface area contributed by atoms with Gasteiger partial charge in [0.05, 0.1) is 17.7 Å². The zero-order valence-electron chi connectivity index (χ0n) is 9.20. The predicted octanol–water partition coefficient (Wildman–Crippen LogP) is 1.41. The van der Waals surface area contributed by atoms with Crippen LogP contribution in [0.25, 0.3) is 0 Å². The van der Waals surface area contributed by atoms with Gasteiger partial charge in [-0.25, -0.2) is 18.4 Å². The third kappa shape index (κ3) is 2.68. The van der Waals surface area contributed by atoms with Crippen molar-refractivity contribution in [2.24, 2.45) is 0 Å². The summed E-state index contributed by atoms with van der Waals surface area (Å²) in [6.07, 6.45) is 0. The molecule has 0 amide bonds. The van der Waals surface area contributed by atoms with Crippen LogP contribution < -0.4 is 0 Å². The molecule has 1 rings (SSSR count). The fourth-order valence-electron chi connectivity index (χ4n) is 1.19. The van der Waals surface area contributed by atoms with E-state index in [9.17, 15) is 23.2 Å². The van der Waals surface area contributed by atoms with E-state index in [0.717, 1.165) is 0 Å². The summed E-state index contributed by atoms with van der Waals surface area (Å²) in [5, 5.41) is 8.61. The topological polar surface area (TPSA) is 80.7 Å². The maximum absolute atomic E-state index is 13.3. The minimum absolute atomic E-state index is 0.0980. The molecule has 0 atom stereocenters. The number of benzene rings is 1. The van der Waals surface area contributed by atoms with Crippen molar-refractivity contribution in [1.82, 2.24) is 0 Å². The highest BCUT2D eigenvalue weighted by Crippen LogP contribution is 2.16. The van der Waals surface area contributed by atoms with Crippen LogP contribution in [-0.2, 0) is 9.53 Å². The third-order valence-electron chi connectivity index (χ3n) is 1.99. The summed E-state index contributed by atoms with van der Waals surface area (Å²) < 4.78 is 30.7. The lowest BCUT2D eigenvalue weighted by atomic mass is 10.1. The Labute approximate surface area is 100.0 Å². The molecule has 0 aliphatic carbocycles. The molecule has 0 unspecified atom stereocenters. The summed E-state index contributed by atoms with van der Waals surface area (Å²) in [6.45, 7) is 1.34. The maximum atomic E-state index is 13.3. The molecule has 0 aliphatic rings. The number of ether oxygens (including phenoxy) is 1. The highest BCUT2D eigenvalue weighted by molar-refractivity contribution is 6.40. The number of hydrogen-bond donors (Lipinski definition) is 1. The van der Waals surface area contributed by atoms with Crippen molar-refractivity contribution >= 4 is 17.7 Å². The van der Waals surface area contributed by atoms with Crippen molar-refractivity contribution in [3.05, 3.63) is 34.9 Å². The van der Waals surface area contributed by atoms with Gasteiger partial charge >= 0.3 is 11.9 Å². The van der Waals surface area contributed by atoms with Crippen molar-refractivity contribution in [2.75, 3.05) is 6.61 Å². The van der Waals surface area contributed by atoms with E-state index in [2.05, 4.69) is 4.74 Å². The van der Waals surface area contributed by atoms with Crippen LogP contribution in [0.3, 0.4) is 0 Å². The monoisotopic (exact) mass is 258 g/mol. The number of Topliss-reactive ketones (excluding diaryl/α,β-unsaturated/α-hetero) is 1. The molecule has 0 fully saturated rings. The zero-order valence-corrected chi connectivity index (χ0v) is 9.20. The van der Waals surface area contributed by atoms with Gasteiger partial charge in [-0.05, 0) is 13.0 Å². The van der Waals surface area contributed by atoms with Crippen LogP contribution in [0.4, 0.5) is 8.78 Å². The second-order valence-electron chi connectivity index (χ2n) is 3.17. The molecule has 96 valence electrons. The van der Waals surface area contributed by atoms with E-state index in [1.807, 2.05) is 0 Å². The SMILES string of the molecule is CCOC(=O)C(=O)c1cc(C(=O)O)c(F)cc1F. The molecule has 5 nitrogen and oxygen atoms in total. The molecule has 18 heavy (non-hydrogen) atoms. The zero-order chi connectivity index (χ0) is 13.9. The number of hydrogen-bond acceptors (Lipinski definition) is 4. The number of halogens is 2. The molecule has 1 aromatic rings. The van der Waals surface area contributed by atoms with Gasteiger partial charge in [-0.15, -0.1) is 0 Å². The average Bonchev–Trinajstić information content (AvgIpc) is 2.28. The summed E-state index contributed by atoms with van der Waals surface area (Å²) in [6, 6.07) is 0.697. The molecule has 0 aromatic heterocycles. The standard InChI is InChI=1S/C11H8F2O5/c1-2-18-11(17)9(14)5-3-6(10(15)16)8(13)4-7(5)12/h3-4H,2H2,1H3,(H,15,16). The third-order valence-corrected chi connectivity index (χ3v) is 1.99. The first kappa shape index (κ1) is 13.8. The lowest BCUT2D eigenvalue weighted by Gasteiger charge is -2.04. The summed E-state index contributed by atoms with van der Waals surface area (Å²) in [7, 11) is 0. The first-order valence-corrected chi connectivity index (χ1v) is 4.82. The Morgan fingerprint density at radius 1 is 1.17 bits per heavy atom. The highest BCUT2D eigenvalue weighted by atomic mass is 19.1. The summed E-state index contributed by atoms with van der Waals surface area (Å²) >= 11 is 0. The van der Waals surface area contributed by atoms with Crippen LogP contribution in [-0.4, -0.2) is 29.4 Å². The Hall–Kier alpha value is -2.31. The number of carbonyl (C=O) groups is 3. The van der Waals surface area contributed by atoms with E-state index < -0.39 is 40.5 Å². The lowest BCUT2D eigenvalue weighted by Crippen LogP contribution is -2.20. The first-order chi connectivity index (χ1) is 8.38. The van der Waals surface area contributed by atoms with E-state index in [-0.39, 0.29) is 12.7 Å². The smallest absolute Gasteiger partial charge is 0.379 e. The molecule has 0 saturated carbocycles. The number of rotatable bonds is 4. The molecule has 0 saturated heterocycles. The fraction of sp³-hybridized carbons (Fsp3) is 0.182. The van der Waals surface area contributed by atoms with Crippen molar-refractivity contribution in [3.63, 3.8) is 0 Å². The molecular weight excluding hydrogens is 250 g/mol. The number of ketones is 1. The summed E-state index contributed by atoms with van der Waals surface area (Å²) in [5.74, 6) is -7.03. The number of carboxylic acid groups (broad SMARTS) is 1. The highest BCUT2D eigenvalue weighted by Gasteiger charge is 2.24. The molecule has 0 radical (unpaired) electrons. The molecule has 0 spiro atoms. The summed E-state index contributed by atoms with van der Waals surface area (Å²) in [5.41, 5.74) is -1.74. The van der Waals surface area contributed by atoms with Gasteiger partial charge in [0.15, 0.2) is 0 Å². The Balaban J connectivity index is 3.24. The molecule has 1 N–H and O–H groups in total. The van der Waals surface area contributed by atoms with Gasteiger partial charge in [-0.1, -0.05) is 0 Å². The quantitative estimate of drug-likeness (QED) is 0.501. The van der Waals surface area contributed by atoms with Gasteiger partial charge in [0, 0.05) is 6.07 Å². The molecule has 7 heteroatoms. The van der Waals surface area contributed by atoms with E-state index in [1.165, 1.54) is 6.92 Å². The number of carbonyl (C=O) groups excluding carboxylic acids is 2. The second-order valence-corrected chi connectivity index (χ2v) is 3.17. The van der Waals surface area contributed by atoms with Gasteiger partial charge < -0.3 is 9.84 Å². The van der Waals surface area contributed by atoms with Crippen molar-refractivity contribution < 1.29 is 33.0 Å². The largest absolute Gasteiger partial charge is 0.478 e. The van der Waals surface area contributed by atoms with Crippen molar-refractivity contribution in [2.45, 2.75) is 6.92 Å².